The molecule has 1 saturated carbocycles. The van der Waals surface area contributed by atoms with Crippen LogP contribution in [-0.2, 0) is 17.2 Å². The van der Waals surface area contributed by atoms with Gasteiger partial charge in [0.2, 0.25) is 5.88 Å². The molecule has 230 valence electrons. The summed E-state index contributed by atoms with van der Waals surface area (Å²) in [5, 5.41) is 3.50. The van der Waals surface area contributed by atoms with Gasteiger partial charge in [-0.25, -0.2) is 8.78 Å². The van der Waals surface area contributed by atoms with Crippen LogP contribution >= 0.6 is 0 Å². The van der Waals surface area contributed by atoms with Crippen molar-refractivity contribution in [1.82, 2.24) is 15.0 Å². The van der Waals surface area contributed by atoms with Gasteiger partial charge in [0, 0.05) is 36.1 Å². The molecule has 3 atom stereocenters. The van der Waals surface area contributed by atoms with Gasteiger partial charge in [-0.15, -0.1) is 4.67 Å². The predicted octanol–water partition coefficient (Wildman–Crippen LogP) is 5.94. The molecule has 9 heteroatoms. The maximum absolute atomic E-state index is 15.1. The van der Waals surface area contributed by atoms with E-state index in [-0.39, 0.29) is 35.9 Å². The Labute approximate surface area is 252 Å². The number of hydrogen-bond acceptors (Lipinski definition) is 5. The summed E-state index contributed by atoms with van der Waals surface area (Å²) in [6, 6.07) is 7.08. The number of nitrogens with one attached hydrogen (secondary N) is 1. The summed E-state index contributed by atoms with van der Waals surface area (Å²) in [5.41, 5.74) is 3.39. The topological polar surface area (TPSA) is 77.8 Å². The van der Waals surface area contributed by atoms with Crippen molar-refractivity contribution < 1.29 is 23.0 Å². The van der Waals surface area contributed by atoms with Crippen molar-refractivity contribution >= 4 is 23.7 Å². The van der Waals surface area contributed by atoms with Crippen LogP contribution in [0, 0.1) is 17.8 Å². The molecular formula is C34H43F2N4O3+. The van der Waals surface area contributed by atoms with Crippen LogP contribution in [0.4, 0.5) is 14.6 Å². The number of aromatic nitrogens is 1. The van der Waals surface area contributed by atoms with Crippen molar-refractivity contribution in [3.63, 3.8) is 0 Å². The molecular weight excluding hydrogens is 550 g/mol. The number of fused-ring (bicyclic) bond motifs is 1. The molecule has 7 nitrogen and oxygen atoms in total. The normalized spacial score (nSPS) is 21.5. The number of amides is 1. The smallest absolute Gasteiger partial charge is 0.302 e. The number of rotatable bonds is 13. The Morgan fingerprint density at radius 3 is 2.56 bits per heavy atom. The molecule has 2 fully saturated rings. The molecule has 6 rings (SSSR count). The molecule has 1 aliphatic carbocycles. The molecule has 2 aromatic rings. The van der Waals surface area contributed by atoms with Gasteiger partial charge >= 0.3 is 5.71 Å². The Kier molecular flexibility index (Phi) is 8.42. The molecule has 1 aromatic heterocycles. The minimum atomic E-state index is -3.10. The Hall–Kier alpha value is -3.13. The Morgan fingerprint density at radius 1 is 1.19 bits per heavy atom. The third-order valence-electron chi connectivity index (χ3n) is 9.55. The Morgan fingerprint density at radius 2 is 1.98 bits per heavy atom. The number of benzene rings is 1. The number of carbonyl (C=O) groups excluding carboxylic acids is 1. The number of anilines is 1. The van der Waals surface area contributed by atoms with E-state index in [1.165, 1.54) is 24.2 Å². The average Bonchev–Trinajstić information content (AvgIpc) is 3.23. The first-order chi connectivity index (χ1) is 20.7. The number of carbonyl (C=O) groups is 1. The number of pyridine rings is 1. The quantitative estimate of drug-likeness (QED) is 0.291. The van der Waals surface area contributed by atoms with E-state index < -0.39 is 5.92 Å². The molecule has 1 saturated heterocycles. The maximum Gasteiger partial charge on any atom is 0.302 e. The van der Waals surface area contributed by atoms with Crippen molar-refractivity contribution in [2.45, 2.75) is 84.2 Å². The van der Waals surface area contributed by atoms with Crippen LogP contribution in [0.5, 0.6) is 5.88 Å². The van der Waals surface area contributed by atoms with E-state index >= 15 is 8.78 Å². The average molecular weight is 594 g/mol. The number of nitrogens with zero attached hydrogens (tertiary/aromatic N) is 3. The minimum absolute atomic E-state index is 0.0149. The number of hydrogen-bond donors (Lipinski definition) is 1. The fraction of sp³-hybridized carbons (Fsp3) is 0.588. The SMILES string of the molecule is CCCC1C=[N+]=C1[C@H](c1cc(OCC)nc(N2Cc3c(cc([C@@H](C)NCC4CCC4)cc3C(C)(F)F)C2=O)c1)C1COC1. The second-order valence-corrected chi connectivity index (χ2v) is 12.7. The summed E-state index contributed by atoms with van der Waals surface area (Å²) in [6.45, 7) is 9.53. The van der Waals surface area contributed by atoms with Gasteiger partial charge in [-0.2, -0.15) is 4.98 Å². The lowest BCUT2D eigenvalue weighted by Gasteiger charge is -2.33. The first-order valence-corrected chi connectivity index (χ1v) is 15.9. The molecule has 0 bridgehead atoms. The highest BCUT2D eigenvalue weighted by molar-refractivity contribution is 6.11. The highest BCUT2D eigenvalue weighted by Crippen LogP contribution is 2.42. The molecule has 0 spiro atoms. The number of ether oxygens (including phenoxy) is 2. The van der Waals surface area contributed by atoms with Crippen molar-refractivity contribution in [3.8, 4) is 5.88 Å². The van der Waals surface area contributed by atoms with E-state index in [9.17, 15) is 4.79 Å². The monoisotopic (exact) mass is 593 g/mol. The van der Waals surface area contributed by atoms with Crippen molar-refractivity contribution in [1.29, 1.82) is 0 Å². The fourth-order valence-corrected chi connectivity index (χ4v) is 6.71. The van der Waals surface area contributed by atoms with Crippen LogP contribution in [0.2, 0.25) is 0 Å². The summed E-state index contributed by atoms with van der Waals surface area (Å²) in [6.07, 6.45) is 7.75. The van der Waals surface area contributed by atoms with Crippen molar-refractivity contribution in [2.75, 3.05) is 31.3 Å². The summed E-state index contributed by atoms with van der Waals surface area (Å²) in [5.74, 6) is -1.36. The summed E-state index contributed by atoms with van der Waals surface area (Å²) in [7, 11) is 0. The summed E-state index contributed by atoms with van der Waals surface area (Å²) >= 11 is 0. The van der Waals surface area contributed by atoms with Gasteiger partial charge in [0.15, 0.2) is 5.92 Å². The van der Waals surface area contributed by atoms with Gasteiger partial charge in [0.25, 0.3) is 18.0 Å². The van der Waals surface area contributed by atoms with Gasteiger partial charge in [-0.3, -0.25) is 9.69 Å². The first-order valence-electron chi connectivity index (χ1n) is 15.9. The van der Waals surface area contributed by atoms with E-state index in [1.54, 1.807) is 12.1 Å². The standard InChI is InChI=1S/C34H43F2N4O3/c1-5-8-22-16-38-32(22)31(25-18-42-19-25)24-13-29(39-30(14-24)43-6-2)40-17-27-26(33(40)41)11-23(12-28(27)34(4,35)36)20(3)37-15-21-9-7-10-21/h11-14,16,20-22,25,31,37H,5-10,15,17-19H2,1-4H3/q+1/t20-,22?,31-/m1/s1. The molecule has 3 aliphatic heterocycles. The second kappa shape index (κ2) is 12.1. The lowest BCUT2D eigenvalue weighted by molar-refractivity contribution is -0.0362. The van der Waals surface area contributed by atoms with Crippen LogP contribution < -0.4 is 19.6 Å². The fourth-order valence-electron chi connectivity index (χ4n) is 6.71. The van der Waals surface area contributed by atoms with Crippen LogP contribution in [0.3, 0.4) is 0 Å². The Balaban J connectivity index is 1.35. The maximum atomic E-state index is 15.1. The molecule has 4 aliphatic rings. The molecule has 1 amide bonds. The van der Waals surface area contributed by atoms with Crippen LogP contribution in [-0.4, -0.2) is 49.2 Å². The molecule has 43 heavy (non-hydrogen) atoms. The third-order valence-corrected chi connectivity index (χ3v) is 9.55. The van der Waals surface area contributed by atoms with E-state index in [0.717, 1.165) is 37.6 Å². The highest BCUT2D eigenvalue weighted by Gasteiger charge is 2.47. The molecule has 0 radical (unpaired) electrons. The summed E-state index contributed by atoms with van der Waals surface area (Å²) < 4.78 is 46.3. The van der Waals surface area contributed by atoms with Gasteiger partial charge < -0.3 is 14.8 Å². The molecule has 1 N–H and O–H groups in total. The minimum Gasteiger partial charge on any atom is -0.478 e. The first kappa shape index (κ1) is 29.9. The largest absolute Gasteiger partial charge is 0.478 e. The molecule has 1 unspecified atom stereocenters. The van der Waals surface area contributed by atoms with Crippen LogP contribution in [0.25, 0.3) is 0 Å². The van der Waals surface area contributed by atoms with Crippen LogP contribution in [0.1, 0.15) is 104 Å². The highest BCUT2D eigenvalue weighted by atomic mass is 19.3. The Bertz CT molecular complexity index is 1440. The zero-order valence-electron chi connectivity index (χ0n) is 25.7. The lowest BCUT2D eigenvalue weighted by atomic mass is 9.75. The molecule has 1 aromatic carbocycles. The summed E-state index contributed by atoms with van der Waals surface area (Å²) in [4.78, 5) is 20.2. The van der Waals surface area contributed by atoms with E-state index in [4.69, 9.17) is 19.1 Å². The van der Waals surface area contributed by atoms with Gasteiger partial charge in [0.05, 0.1) is 32.3 Å². The van der Waals surface area contributed by atoms with Gasteiger partial charge in [-0.1, -0.05) is 19.8 Å². The third kappa shape index (κ3) is 5.87. The van der Waals surface area contributed by atoms with Gasteiger partial charge in [0.1, 0.15) is 5.82 Å². The van der Waals surface area contributed by atoms with E-state index in [0.29, 0.717) is 60.0 Å². The van der Waals surface area contributed by atoms with Crippen molar-refractivity contribution in [3.05, 3.63) is 52.1 Å². The van der Waals surface area contributed by atoms with Crippen LogP contribution in [0.15, 0.2) is 24.3 Å². The molecule has 4 heterocycles. The number of halogens is 2. The van der Waals surface area contributed by atoms with Crippen molar-refractivity contribution in [2.24, 2.45) is 17.8 Å². The predicted molar refractivity (Wildman–Crippen MR) is 164 cm³/mol. The second-order valence-electron chi connectivity index (χ2n) is 12.7. The lowest BCUT2D eigenvalue weighted by Crippen LogP contribution is -2.43. The zero-order chi connectivity index (χ0) is 30.3. The number of alkyl halides is 2. The van der Waals surface area contributed by atoms with E-state index in [1.807, 2.05) is 32.2 Å². The van der Waals surface area contributed by atoms with Gasteiger partial charge in [-0.05, 0) is 80.5 Å². The zero-order valence-corrected chi connectivity index (χ0v) is 25.7. The van der Waals surface area contributed by atoms with E-state index in [2.05, 4.69) is 12.2 Å².